The van der Waals surface area contributed by atoms with E-state index < -0.39 is 0 Å². The molecule has 0 saturated carbocycles. The normalized spacial score (nSPS) is 13.1. The number of phenolic OH excluding ortho intramolecular Hbond substituents is 1. The molecule has 3 aromatic carbocycles. The van der Waals surface area contributed by atoms with Crippen molar-refractivity contribution in [2.45, 2.75) is 6.42 Å². The van der Waals surface area contributed by atoms with Crippen LogP contribution < -0.4 is 5.32 Å². The third-order valence-electron chi connectivity index (χ3n) is 4.62. The first-order valence-corrected chi connectivity index (χ1v) is 8.52. The zero-order valence-electron chi connectivity index (χ0n) is 14.3. The smallest absolute Gasteiger partial charge is 0.261 e. The van der Waals surface area contributed by atoms with Crippen molar-refractivity contribution >= 4 is 34.2 Å². The van der Waals surface area contributed by atoms with Crippen molar-refractivity contribution in [2.24, 2.45) is 0 Å². The van der Waals surface area contributed by atoms with Gasteiger partial charge in [0.1, 0.15) is 5.75 Å². The molecule has 0 bridgehead atoms. The van der Waals surface area contributed by atoms with Crippen LogP contribution in [0, 0.1) is 0 Å². The fourth-order valence-electron chi connectivity index (χ4n) is 3.26. The Morgan fingerprint density at radius 3 is 2.11 bits per heavy atom. The quantitative estimate of drug-likeness (QED) is 0.553. The third kappa shape index (κ3) is 2.91. The number of hydrogen-bond donors (Lipinski definition) is 2. The summed E-state index contributed by atoms with van der Waals surface area (Å²) in [6, 6.07) is 16.9. The van der Waals surface area contributed by atoms with E-state index in [0.717, 1.165) is 4.90 Å². The number of aromatic hydroxyl groups is 1. The fourth-order valence-corrected chi connectivity index (χ4v) is 3.26. The molecule has 0 spiro atoms. The van der Waals surface area contributed by atoms with Gasteiger partial charge in [-0.1, -0.05) is 36.4 Å². The largest absolute Gasteiger partial charge is 0.507 e. The molecule has 3 aromatic rings. The predicted octanol–water partition coefficient (Wildman–Crippen LogP) is 3.17. The molecule has 1 aliphatic rings. The summed E-state index contributed by atoms with van der Waals surface area (Å²) in [5, 5.41) is 14.1. The lowest BCUT2D eigenvalue weighted by atomic mass is 10.1. The first-order valence-electron chi connectivity index (χ1n) is 8.52. The van der Waals surface area contributed by atoms with Gasteiger partial charge in [0.05, 0.1) is 11.1 Å². The second-order valence-corrected chi connectivity index (χ2v) is 6.28. The maximum Gasteiger partial charge on any atom is 0.261 e. The average Bonchev–Trinajstić information content (AvgIpc) is 2.93. The standard InChI is InChI=1S/C21H16N2O4/c24-18-10-9-17(13-5-1-2-6-14(13)18)22-19(25)11-12-23-20(26)15-7-3-4-8-16(15)21(23)27/h1-10,24H,11-12H2,(H,22,25). The Kier molecular flexibility index (Phi) is 4.08. The number of amides is 3. The minimum Gasteiger partial charge on any atom is -0.507 e. The van der Waals surface area contributed by atoms with Gasteiger partial charge >= 0.3 is 0 Å². The maximum atomic E-state index is 12.4. The summed E-state index contributed by atoms with van der Waals surface area (Å²) in [5.74, 6) is -0.936. The molecule has 27 heavy (non-hydrogen) atoms. The van der Waals surface area contributed by atoms with E-state index >= 15 is 0 Å². The monoisotopic (exact) mass is 360 g/mol. The van der Waals surface area contributed by atoms with E-state index in [0.29, 0.717) is 27.6 Å². The molecule has 1 aliphatic heterocycles. The van der Waals surface area contributed by atoms with Gasteiger partial charge < -0.3 is 10.4 Å². The Morgan fingerprint density at radius 2 is 1.44 bits per heavy atom. The van der Waals surface area contributed by atoms with Crippen LogP contribution in [0.4, 0.5) is 5.69 Å². The highest BCUT2D eigenvalue weighted by molar-refractivity contribution is 6.21. The van der Waals surface area contributed by atoms with Crippen LogP contribution in [0.25, 0.3) is 10.8 Å². The number of nitrogens with zero attached hydrogens (tertiary/aromatic N) is 1. The Balaban J connectivity index is 1.47. The highest BCUT2D eigenvalue weighted by Gasteiger charge is 2.34. The lowest BCUT2D eigenvalue weighted by Crippen LogP contribution is -2.32. The summed E-state index contributed by atoms with van der Waals surface area (Å²) in [5.41, 5.74) is 1.30. The van der Waals surface area contributed by atoms with Crippen molar-refractivity contribution in [3.63, 3.8) is 0 Å². The first kappa shape index (κ1) is 16.8. The lowest BCUT2D eigenvalue weighted by Gasteiger charge is -2.14. The third-order valence-corrected chi connectivity index (χ3v) is 4.62. The summed E-state index contributed by atoms with van der Waals surface area (Å²) >= 11 is 0. The summed E-state index contributed by atoms with van der Waals surface area (Å²) in [7, 11) is 0. The van der Waals surface area contributed by atoms with E-state index in [1.165, 1.54) is 6.07 Å². The summed E-state index contributed by atoms with van der Waals surface area (Å²) in [4.78, 5) is 38.1. The Labute approximate surface area is 155 Å². The molecule has 6 heteroatoms. The number of rotatable bonds is 4. The Morgan fingerprint density at radius 1 is 0.852 bits per heavy atom. The number of anilines is 1. The number of carbonyl (C=O) groups is 3. The van der Waals surface area contributed by atoms with Gasteiger partial charge in [-0.2, -0.15) is 0 Å². The molecule has 0 aromatic heterocycles. The van der Waals surface area contributed by atoms with Crippen LogP contribution in [-0.2, 0) is 4.79 Å². The number of benzene rings is 3. The van der Waals surface area contributed by atoms with Crippen molar-refractivity contribution in [2.75, 3.05) is 11.9 Å². The van der Waals surface area contributed by atoms with Gasteiger partial charge in [0, 0.05) is 29.4 Å². The van der Waals surface area contributed by atoms with Gasteiger partial charge in [0.25, 0.3) is 11.8 Å². The van der Waals surface area contributed by atoms with Gasteiger partial charge in [-0.05, 0) is 24.3 Å². The molecule has 0 fully saturated rings. The SMILES string of the molecule is O=C(CCN1C(=O)c2ccccc2C1=O)Nc1ccc(O)c2ccccc12. The number of imide groups is 1. The minimum atomic E-state index is -0.376. The maximum absolute atomic E-state index is 12.4. The first-order chi connectivity index (χ1) is 13.1. The topological polar surface area (TPSA) is 86.7 Å². The zero-order valence-corrected chi connectivity index (χ0v) is 14.3. The molecule has 1 heterocycles. The van der Waals surface area contributed by atoms with Gasteiger partial charge in [-0.3, -0.25) is 19.3 Å². The molecule has 3 amide bonds. The molecule has 0 atom stereocenters. The van der Waals surface area contributed by atoms with Gasteiger partial charge in [-0.25, -0.2) is 0 Å². The Bertz CT molecular complexity index is 1060. The molecule has 0 aliphatic carbocycles. The second kappa shape index (κ2) is 6.57. The molecular formula is C21H16N2O4. The highest BCUT2D eigenvalue weighted by Crippen LogP contribution is 2.30. The van der Waals surface area contributed by atoms with Crippen LogP contribution in [0.15, 0.2) is 60.7 Å². The van der Waals surface area contributed by atoms with E-state index in [4.69, 9.17) is 0 Å². The molecule has 0 unspecified atom stereocenters. The number of phenols is 1. The Hall–Kier alpha value is -3.67. The molecular weight excluding hydrogens is 344 g/mol. The lowest BCUT2D eigenvalue weighted by molar-refractivity contribution is -0.116. The van der Waals surface area contributed by atoms with Crippen molar-refractivity contribution in [1.82, 2.24) is 4.90 Å². The minimum absolute atomic E-state index is 0.00813. The second-order valence-electron chi connectivity index (χ2n) is 6.28. The van der Waals surface area contributed by atoms with Crippen LogP contribution in [0.2, 0.25) is 0 Å². The molecule has 134 valence electrons. The highest BCUT2D eigenvalue weighted by atomic mass is 16.3. The molecule has 0 saturated heterocycles. The van der Waals surface area contributed by atoms with E-state index in [1.807, 2.05) is 6.07 Å². The molecule has 6 nitrogen and oxygen atoms in total. The predicted molar refractivity (Wildman–Crippen MR) is 101 cm³/mol. The van der Waals surface area contributed by atoms with Crippen molar-refractivity contribution in [3.05, 3.63) is 71.8 Å². The van der Waals surface area contributed by atoms with E-state index in [9.17, 15) is 19.5 Å². The molecule has 2 N–H and O–H groups in total. The van der Waals surface area contributed by atoms with Crippen molar-refractivity contribution in [3.8, 4) is 5.75 Å². The van der Waals surface area contributed by atoms with Crippen LogP contribution in [0.5, 0.6) is 5.75 Å². The molecule has 0 radical (unpaired) electrons. The summed E-state index contributed by atoms with van der Waals surface area (Å²) in [6.45, 7) is 0.00813. The molecule has 4 rings (SSSR count). The summed E-state index contributed by atoms with van der Waals surface area (Å²) in [6.07, 6.45) is -0.0132. The van der Waals surface area contributed by atoms with Crippen molar-refractivity contribution < 1.29 is 19.5 Å². The number of nitrogens with one attached hydrogen (secondary N) is 1. The van der Waals surface area contributed by atoms with Crippen LogP contribution >= 0.6 is 0 Å². The van der Waals surface area contributed by atoms with E-state index in [2.05, 4.69) is 5.32 Å². The summed E-state index contributed by atoms with van der Waals surface area (Å²) < 4.78 is 0. The zero-order chi connectivity index (χ0) is 19.0. The van der Waals surface area contributed by atoms with Gasteiger partial charge in [0.15, 0.2) is 0 Å². The van der Waals surface area contributed by atoms with Crippen LogP contribution in [-0.4, -0.2) is 34.3 Å². The number of fused-ring (bicyclic) bond motifs is 2. The van der Waals surface area contributed by atoms with Crippen molar-refractivity contribution in [1.29, 1.82) is 0 Å². The van der Waals surface area contributed by atoms with E-state index in [1.54, 1.807) is 48.5 Å². The van der Waals surface area contributed by atoms with E-state index in [-0.39, 0.29) is 36.4 Å². The van der Waals surface area contributed by atoms with Crippen LogP contribution in [0.1, 0.15) is 27.1 Å². The number of hydrogen-bond acceptors (Lipinski definition) is 4. The fraction of sp³-hybridized carbons (Fsp3) is 0.0952. The number of carbonyl (C=O) groups excluding carboxylic acids is 3. The average molecular weight is 360 g/mol. The van der Waals surface area contributed by atoms with Gasteiger partial charge in [-0.15, -0.1) is 0 Å². The van der Waals surface area contributed by atoms with Crippen LogP contribution in [0.3, 0.4) is 0 Å². The van der Waals surface area contributed by atoms with Gasteiger partial charge in [0.2, 0.25) is 5.91 Å².